The predicted molar refractivity (Wildman–Crippen MR) is 87.9 cm³/mol. The first-order valence-electron chi connectivity index (χ1n) is 7.87. The van der Waals surface area contributed by atoms with E-state index in [2.05, 4.69) is 23.8 Å². The predicted octanol–water partition coefficient (Wildman–Crippen LogP) is 3.10. The Kier molecular flexibility index (Phi) is 11.3. The Morgan fingerprint density at radius 3 is 1.57 bits per heavy atom. The molecule has 0 saturated carbocycles. The zero-order chi connectivity index (χ0) is 16.1. The molecule has 0 aliphatic heterocycles. The van der Waals surface area contributed by atoms with E-state index in [1.807, 2.05) is 26.0 Å². The van der Waals surface area contributed by atoms with Gasteiger partial charge in [-0.05, 0) is 32.1 Å². The van der Waals surface area contributed by atoms with Crippen molar-refractivity contribution in [3.05, 3.63) is 25.3 Å². The fourth-order valence-corrected chi connectivity index (χ4v) is 2.17. The van der Waals surface area contributed by atoms with Gasteiger partial charge in [-0.25, -0.2) is 0 Å². The van der Waals surface area contributed by atoms with Crippen LogP contribution in [0.5, 0.6) is 0 Å². The van der Waals surface area contributed by atoms with Gasteiger partial charge in [0.05, 0.1) is 0 Å². The van der Waals surface area contributed by atoms with Crippen LogP contribution in [0, 0.1) is 0 Å². The highest BCUT2D eigenvalue weighted by Crippen LogP contribution is 2.10. The van der Waals surface area contributed by atoms with E-state index < -0.39 is 0 Å². The highest BCUT2D eigenvalue weighted by Gasteiger charge is 2.13. The summed E-state index contributed by atoms with van der Waals surface area (Å²) < 4.78 is 0. The summed E-state index contributed by atoms with van der Waals surface area (Å²) >= 11 is 0. The van der Waals surface area contributed by atoms with Gasteiger partial charge in [-0.2, -0.15) is 0 Å². The van der Waals surface area contributed by atoms with Gasteiger partial charge in [0.15, 0.2) is 0 Å². The Hall–Kier alpha value is -1.58. The normalized spacial score (nSPS) is 13.0. The Morgan fingerprint density at radius 1 is 0.905 bits per heavy atom. The number of rotatable bonds is 12. The molecule has 21 heavy (non-hydrogen) atoms. The minimum absolute atomic E-state index is 0.0729. The summed E-state index contributed by atoms with van der Waals surface area (Å²) in [6.45, 7) is 11.2. The zero-order valence-electron chi connectivity index (χ0n) is 13.5. The van der Waals surface area contributed by atoms with Crippen LogP contribution in [0.2, 0.25) is 0 Å². The van der Waals surface area contributed by atoms with Crippen molar-refractivity contribution in [2.75, 3.05) is 0 Å². The van der Waals surface area contributed by atoms with Crippen molar-refractivity contribution in [3.63, 3.8) is 0 Å². The summed E-state index contributed by atoms with van der Waals surface area (Å²) in [6.07, 6.45) is 8.96. The highest BCUT2D eigenvalue weighted by atomic mass is 16.2. The van der Waals surface area contributed by atoms with Gasteiger partial charge in [0.2, 0.25) is 11.8 Å². The summed E-state index contributed by atoms with van der Waals surface area (Å²) in [4.78, 5) is 22.9. The molecule has 0 aromatic rings. The van der Waals surface area contributed by atoms with Gasteiger partial charge in [-0.3, -0.25) is 9.59 Å². The van der Waals surface area contributed by atoms with Gasteiger partial charge < -0.3 is 10.6 Å². The summed E-state index contributed by atoms with van der Waals surface area (Å²) in [5.41, 5.74) is 0. The lowest BCUT2D eigenvalue weighted by molar-refractivity contribution is -0.122. The van der Waals surface area contributed by atoms with Crippen LogP contribution < -0.4 is 10.6 Å². The molecule has 0 spiro atoms. The second kappa shape index (κ2) is 12.2. The Balaban J connectivity index is 4.22. The molecule has 0 unspecified atom stereocenters. The third-order valence-corrected chi connectivity index (χ3v) is 3.38. The molecule has 2 amide bonds. The van der Waals surface area contributed by atoms with E-state index in [1.165, 1.54) is 0 Å². The molecule has 0 rings (SSSR count). The van der Waals surface area contributed by atoms with Gasteiger partial charge in [-0.15, -0.1) is 13.2 Å². The molecule has 2 atom stereocenters. The van der Waals surface area contributed by atoms with Crippen LogP contribution in [-0.4, -0.2) is 23.9 Å². The summed E-state index contributed by atoms with van der Waals surface area (Å²) in [7, 11) is 0. The molecule has 2 N–H and O–H groups in total. The van der Waals surface area contributed by atoms with Crippen molar-refractivity contribution in [2.24, 2.45) is 0 Å². The molecular formula is C17H30N2O2. The van der Waals surface area contributed by atoms with Gasteiger partial charge in [0, 0.05) is 24.9 Å². The number of hydrogen-bond donors (Lipinski definition) is 2. The van der Waals surface area contributed by atoms with E-state index in [4.69, 9.17) is 0 Å². The maximum Gasteiger partial charge on any atom is 0.219 e. The van der Waals surface area contributed by atoms with E-state index >= 15 is 0 Å². The molecule has 0 heterocycles. The van der Waals surface area contributed by atoms with Crippen molar-refractivity contribution >= 4 is 11.8 Å². The molecule has 0 bridgehead atoms. The van der Waals surface area contributed by atoms with E-state index in [-0.39, 0.29) is 23.9 Å². The topological polar surface area (TPSA) is 58.2 Å². The minimum Gasteiger partial charge on any atom is -0.353 e. The molecule has 0 aromatic carbocycles. The Morgan fingerprint density at radius 2 is 1.29 bits per heavy atom. The number of amides is 2. The van der Waals surface area contributed by atoms with Crippen LogP contribution >= 0.6 is 0 Å². The molecule has 120 valence electrons. The second-order valence-corrected chi connectivity index (χ2v) is 5.22. The van der Waals surface area contributed by atoms with Crippen molar-refractivity contribution in [2.45, 2.75) is 70.9 Å². The first kappa shape index (κ1) is 19.4. The average molecular weight is 294 g/mol. The molecule has 0 aromatic heterocycles. The quantitative estimate of drug-likeness (QED) is 0.543. The Bertz CT molecular complexity index is 308. The molecular weight excluding hydrogens is 264 g/mol. The number of carbonyl (C=O) groups is 2. The van der Waals surface area contributed by atoms with E-state index in [0.29, 0.717) is 12.8 Å². The molecule has 0 radical (unpaired) electrons. The number of nitrogens with one attached hydrogen (secondary N) is 2. The van der Waals surface area contributed by atoms with Crippen molar-refractivity contribution in [3.8, 4) is 0 Å². The van der Waals surface area contributed by atoms with Crippen LogP contribution in [-0.2, 0) is 9.59 Å². The van der Waals surface area contributed by atoms with Gasteiger partial charge in [0.25, 0.3) is 0 Å². The van der Waals surface area contributed by atoms with E-state index in [0.717, 1.165) is 32.1 Å². The molecule has 4 nitrogen and oxygen atoms in total. The van der Waals surface area contributed by atoms with Crippen molar-refractivity contribution < 1.29 is 9.59 Å². The zero-order valence-corrected chi connectivity index (χ0v) is 13.5. The molecule has 0 saturated heterocycles. The summed E-state index contributed by atoms with van der Waals surface area (Å²) in [5, 5.41) is 6.02. The van der Waals surface area contributed by atoms with E-state index in [9.17, 15) is 9.59 Å². The summed E-state index contributed by atoms with van der Waals surface area (Å²) in [5.74, 6) is 0.146. The maximum absolute atomic E-state index is 11.5. The van der Waals surface area contributed by atoms with Crippen molar-refractivity contribution in [1.82, 2.24) is 10.6 Å². The first-order chi connectivity index (χ1) is 10.1. The smallest absolute Gasteiger partial charge is 0.219 e. The fraction of sp³-hybridized carbons (Fsp3) is 0.647. The van der Waals surface area contributed by atoms with Crippen LogP contribution in [0.3, 0.4) is 0 Å². The lowest BCUT2D eigenvalue weighted by Gasteiger charge is -2.20. The lowest BCUT2D eigenvalue weighted by atomic mass is 10.0. The van der Waals surface area contributed by atoms with Crippen LogP contribution in [0.25, 0.3) is 0 Å². The standard InChI is InChI=1S/C17H30N2O2/c1-5-10-14(18-16(20)7-3)12-9-13-15(11-6-2)19-17(21)8-4/h5-6,14-15H,1-2,7-13H2,3-4H3,(H,18,20)(H,19,21)/t14-,15-/m1/s1. The van der Waals surface area contributed by atoms with E-state index in [1.54, 1.807) is 0 Å². The molecule has 0 aliphatic carbocycles. The van der Waals surface area contributed by atoms with Crippen LogP contribution in [0.4, 0.5) is 0 Å². The summed E-state index contributed by atoms with van der Waals surface area (Å²) in [6, 6.07) is 0.280. The molecule has 0 fully saturated rings. The Labute approximate surface area is 129 Å². The highest BCUT2D eigenvalue weighted by molar-refractivity contribution is 5.76. The third-order valence-electron chi connectivity index (χ3n) is 3.38. The maximum atomic E-state index is 11.5. The monoisotopic (exact) mass is 294 g/mol. The van der Waals surface area contributed by atoms with Crippen LogP contribution in [0.1, 0.15) is 58.8 Å². The van der Waals surface area contributed by atoms with Gasteiger partial charge in [-0.1, -0.05) is 26.0 Å². The van der Waals surface area contributed by atoms with Gasteiger partial charge >= 0.3 is 0 Å². The second-order valence-electron chi connectivity index (χ2n) is 5.22. The number of carbonyl (C=O) groups excluding carboxylic acids is 2. The average Bonchev–Trinajstić information content (AvgIpc) is 2.47. The van der Waals surface area contributed by atoms with Crippen molar-refractivity contribution in [1.29, 1.82) is 0 Å². The molecule has 4 heteroatoms. The molecule has 0 aliphatic rings. The van der Waals surface area contributed by atoms with Crippen LogP contribution in [0.15, 0.2) is 25.3 Å². The number of hydrogen-bond acceptors (Lipinski definition) is 2. The largest absolute Gasteiger partial charge is 0.353 e. The van der Waals surface area contributed by atoms with Gasteiger partial charge in [0.1, 0.15) is 0 Å². The first-order valence-corrected chi connectivity index (χ1v) is 7.87. The minimum atomic E-state index is 0.0729. The fourth-order valence-electron chi connectivity index (χ4n) is 2.17. The third kappa shape index (κ3) is 9.88. The SMILES string of the molecule is C=CC[C@H](CCC[C@@H](CC=C)NC(=O)CC)NC(=O)CC. The lowest BCUT2D eigenvalue weighted by Crippen LogP contribution is -2.36.